The third-order valence-corrected chi connectivity index (χ3v) is 7.06. The van der Waals surface area contributed by atoms with Crippen molar-refractivity contribution in [1.82, 2.24) is 15.0 Å². The fraction of sp³-hybridized carbons (Fsp3) is 0.130. The van der Waals surface area contributed by atoms with Crippen LogP contribution in [0.25, 0.3) is 10.6 Å². The molecule has 4 aromatic rings. The molecular formula is C23H19N5OS2. The van der Waals surface area contributed by atoms with E-state index in [1.807, 2.05) is 49.5 Å². The van der Waals surface area contributed by atoms with Gasteiger partial charge in [-0.15, -0.1) is 11.3 Å². The number of hydrogen-bond donors (Lipinski definition) is 1. The molecular weight excluding hydrogens is 426 g/mol. The van der Waals surface area contributed by atoms with E-state index in [4.69, 9.17) is 0 Å². The first-order valence-electron chi connectivity index (χ1n) is 9.72. The number of amides is 1. The molecule has 0 saturated carbocycles. The average Bonchev–Trinajstić information content (AvgIpc) is 3.18. The third-order valence-electron chi connectivity index (χ3n) is 4.86. The second-order valence-corrected chi connectivity index (χ2v) is 9.56. The summed E-state index contributed by atoms with van der Waals surface area (Å²) in [6.45, 7) is 0. The van der Waals surface area contributed by atoms with Gasteiger partial charge in [-0.3, -0.25) is 4.79 Å². The second kappa shape index (κ2) is 8.13. The van der Waals surface area contributed by atoms with E-state index in [0.717, 1.165) is 42.9 Å². The number of nitrogens with one attached hydrogen (secondary N) is 1. The predicted octanol–water partition coefficient (Wildman–Crippen LogP) is 4.97. The zero-order chi connectivity index (χ0) is 21.4. The molecule has 1 N–H and O–H groups in total. The molecule has 2 aromatic heterocycles. The van der Waals surface area contributed by atoms with Gasteiger partial charge in [0.15, 0.2) is 0 Å². The number of nitrogens with zero attached hydrogens (tertiary/aromatic N) is 4. The monoisotopic (exact) mass is 445 g/mol. The van der Waals surface area contributed by atoms with E-state index in [9.17, 15) is 4.79 Å². The predicted molar refractivity (Wildman–Crippen MR) is 125 cm³/mol. The van der Waals surface area contributed by atoms with Crippen molar-refractivity contribution >= 4 is 40.6 Å². The van der Waals surface area contributed by atoms with Gasteiger partial charge in [-0.05, 0) is 29.8 Å². The summed E-state index contributed by atoms with van der Waals surface area (Å²) in [5.41, 5.74) is 3.59. The maximum absolute atomic E-state index is 12.6. The van der Waals surface area contributed by atoms with Crippen LogP contribution in [0.15, 0.2) is 70.8 Å². The van der Waals surface area contributed by atoms with Crippen LogP contribution in [0.1, 0.15) is 20.8 Å². The van der Waals surface area contributed by atoms with Crippen LogP contribution >= 0.6 is 23.1 Å². The summed E-state index contributed by atoms with van der Waals surface area (Å²) in [5, 5.41) is 3.96. The van der Waals surface area contributed by atoms with Crippen molar-refractivity contribution in [1.29, 1.82) is 0 Å². The number of benzene rings is 2. The van der Waals surface area contributed by atoms with E-state index in [-0.39, 0.29) is 5.91 Å². The van der Waals surface area contributed by atoms with Crippen molar-refractivity contribution in [2.24, 2.45) is 0 Å². The molecule has 2 aromatic carbocycles. The molecule has 0 atom stereocenters. The van der Waals surface area contributed by atoms with Crippen LogP contribution in [-0.4, -0.2) is 35.0 Å². The Bertz CT molecular complexity index is 1270. The lowest BCUT2D eigenvalue weighted by atomic mass is 10.1. The highest BCUT2D eigenvalue weighted by Crippen LogP contribution is 2.39. The minimum Gasteiger partial charge on any atom is -0.347 e. The number of hydrogen-bond acceptors (Lipinski definition) is 7. The fourth-order valence-electron chi connectivity index (χ4n) is 3.31. The first-order valence-corrected chi connectivity index (χ1v) is 11.4. The van der Waals surface area contributed by atoms with Gasteiger partial charge in [-0.2, -0.15) is 0 Å². The van der Waals surface area contributed by atoms with Crippen LogP contribution in [0, 0.1) is 0 Å². The number of aromatic nitrogens is 3. The Morgan fingerprint density at radius 3 is 2.58 bits per heavy atom. The van der Waals surface area contributed by atoms with Crippen molar-refractivity contribution in [2.45, 2.75) is 16.2 Å². The van der Waals surface area contributed by atoms with Crippen LogP contribution in [0.4, 0.5) is 11.6 Å². The van der Waals surface area contributed by atoms with Gasteiger partial charge in [0.1, 0.15) is 5.01 Å². The van der Waals surface area contributed by atoms with E-state index < -0.39 is 0 Å². The summed E-state index contributed by atoms with van der Waals surface area (Å²) in [6.07, 6.45) is 6.25. The molecule has 0 aliphatic carbocycles. The van der Waals surface area contributed by atoms with Crippen molar-refractivity contribution < 1.29 is 4.79 Å². The van der Waals surface area contributed by atoms with Crippen LogP contribution in [0.5, 0.6) is 0 Å². The van der Waals surface area contributed by atoms with Crippen molar-refractivity contribution in [2.75, 3.05) is 24.3 Å². The fourth-order valence-corrected chi connectivity index (χ4v) is 5.24. The van der Waals surface area contributed by atoms with E-state index in [1.165, 1.54) is 0 Å². The maximum atomic E-state index is 12.6. The highest BCUT2D eigenvalue weighted by Gasteiger charge is 2.20. The van der Waals surface area contributed by atoms with E-state index in [0.29, 0.717) is 11.5 Å². The van der Waals surface area contributed by atoms with Gasteiger partial charge in [-0.25, -0.2) is 15.0 Å². The molecule has 8 heteroatoms. The van der Waals surface area contributed by atoms with Gasteiger partial charge in [0.05, 0.1) is 11.3 Å². The molecule has 0 spiro atoms. The SMILES string of the molecule is CN(C)c1ncc(-c2ncc(Cc3ccc4c(c3)NC(=O)c3ccccc3S4)s2)cn1. The Hall–Kier alpha value is -3.23. The zero-order valence-corrected chi connectivity index (χ0v) is 18.6. The van der Waals surface area contributed by atoms with E-state index in [1.54, 1.807) is 35.5 Å². The first kappa shape index (κ1) is 19.7. The molecule has 1 amide bonds. The van der Waals surface area contributed by atoms with Gasteiger partial charge < -0.3 is 10.2 Å². The molecule has 1 aliphatic rings. The Morgan fingerprint density at radius 2 is 1.77 bits per heavy atom. The van der Waals surface area contributed by atoms with Gasteiger partial charge >= 0.3 is 0 Å². The Kier molecular flexibility index (Phi) is 5.17. The largest absolute Gasteiger partial charge is 0.347 e. The zero-order valence-electron chi connectivity index (χ0n) is 17.0. The Balaban J connectivity index is 1.36. The summed E-state index contributed by atoms with van der Waals surface area (Å²) in [4.78, 5) is 30.9. The molecule has 5 rings (SSSR count). The summed E-state index contributed by atoms with van der Waals surface area (Å²) in [5.74, 6) is 0.604. The first-order chi connectivity index (χ1) is 15.1. The average molecular weight is 446 g/mol. The molecule has 0 radical (unpaired) electrons. The summed E-state index contributed by atoms with van der Waals surface area (Å²) in [7, 11) is 3.83. The molecule has 0 unspecified atom stereocenters. The molecule has 6 nitrogen and oxygen atoms in total. The van der Waals surface area contributed by atoms with Gasteiger partial charge in [0.25, 0.3) is 5.91 Å². The van der Waals surface area contributed by atoms with Crippen LogP contribution < -0.4 is 10.2 Å². The van der Waals surface area contributed by atoms with Crippen molar-refractivity contribution in [3.63, 3.8) is 0 Å². The number of thiazole rings is 1. The lowest BCUT2D eigenvalue weighted by Crippen LogP contribution is -2.12. The number of rotatable bonds is 4. The summed E-state index contributed by atoms with van der Waals surface area (Å²) >= 11 is 3.25. The molecule has 0 saturated heterocycles. The summed E-state index contributed by atoms with van der Waals surface area (Å²) in [6, 6.07) is 13.9. The molecule has 1 aliphatic heterocycles. The molecule has 31 heavy (non-hydrogen) atoms. The van der Waals surface area contributed by atoms with Crippen LogP contribution in [0.2, 0.25) is 0 Å². The van der Waals surface area contributed by atoms with Gasteiger partial charge in [0.2, 0.25) is 5.95 Å². The third kappa shape index (κ3) is 4.04. The number of carbonyl (C=O) groups is 1. The number of fused-ring (bicyclic) bond motifs is 2. The molecule has 0 bridgehead atoms. The lowest BCUT2D eigenvalue weighted by Gasteiger charge is -2.09. The van der Waals surface area contributed by atoms with Gasteiger partial charge in [-0.1, -0.05) is 30.0 Å². The summed E-state index contributed by atoms with van der Waals surface area (Å²) < 4.78 is 0. The lowest BCUT2D eigenvalue weighted by molar-refractivity contribution is 0.102. The highest BCUT2D eigenvalue weighted by molar-refractivity contribution is 7.99. The second-order valence-electron chi connectivity index (χ2n) is 7.36. The van der Waals surface area contributed by atoms with Crippen LogP contribution in [-0.2, 0) is 6.42 Å². The Labute approximate surface area is 188 Å². The maximum Gasteiger partial charge on any atom is 0.256 e. The minimum absolute atomic E-state index is 0.0692. The van der Waals surface area contributed by atoms with Crippen LogP contribution in [0.3, 0.4) is 0 Å². The van der Waals surface area contributed by atoms with E-state index in [2.05, 4.69) is 38.5 Å². The highest BCUT2D eigenvalue weighted by atomic mass is 32.2. The quantitative estimate of drug-likeness (QED) is 0.478. The van der Waals surface area contributed by atoms with Gasteiger partial charge in [0, 0.05) is 59.3 Å². The molecule has 0 fully saturated rings. The number of carbonyl (C=O) groups excluding carboxylic acids is 1. The standard InChI is InChI=1S/C23H19N5OS2/c1-28(2)23-25-11-15(12-26-23)22-24-13-16(30-22)9-14-7-8-20-18(10-14)27-21(29)17-5-3-4-6-19(17)31-20/h3-8,10-13H,9H2,1-2H3,(H,27,29). The topological polar surface area (TPSA) is 71.0 Å². The molecule has 3 heterocycles. The van der Waals surface area contributed by atoms with Crippen molar-refractivity contribution in [3.05, 3.63) is 77.1 Å². The smallest absolute Gasteiger partial charge is 0.256 e. The van der Waals surface area contributed by atoms with Crippen molar-refractivity contribution in [3.8, 4) is 10.6 Å². The Morgan fingerprint density at radius 1 is 0.968 bits per heavy atom. The minimum atomic E-state index is -0.0692. The van der Waals surface area contributed by atoms with E-state index >= 15 is 0 Å². The number of anilines is 2. The molecule has 154 valence electrons. The normalized spacial score (nSPS) is 12.5.